The van der Waals surface area contributed by atoms with Gasteiger partial charge >= 0.3 is 0 Å². The first-order chi connectivity index (χ1) is 9.11. The molecule has 2 aromatic carbocycles. The van der Waals surface area contributed by atoms with Crippen LogP contribution in [0.2, 0.25) is 5.02 Å². The standard InChI is InChI=1S/C15H16ClNO2/c1-3-18-13-6-4-5-7-14(13)19-15-9-11(16)12(17)8-10(15)2/h4-9H,3,17H2,1-2H3. The Morgan fingerprint density at radius 2 is 1.79 bits per heavy atom. The topological polar surface area (TPSA) is 44.5 Å². The van der Waals surface area contributed by atoms with Gasteiger partial charge in [0.2, 0.25) is 0 Å². The van der Waals surface area contributed by atoms with Crippen LogP contribution >= 0.6 is 11.6 Å². The van der Waals surface area contributed by atoms with E-state index in [1.807, 2.05) is 38.1 Å². The molecule has 0 atom stereocenters. The van der Waals surface area contributed by atoms with Gasteiger partial charge in [0.05, 0.1) is 17.3 Å². The van der Waals surface area contributed by atoms with Gasteiger partial charge in [0.1, 0.15) is 5.75 Å². The fraction of sp³-hybridized carbons (Fsp3) is 0.200. The van der Waals surface area contributed by atoms with E-state index in [2.05, 4.69) is 0 Å². The average Bonchev–Trinajstić information content (AvgIpc) is 2.38. The molecule has 0 saturated carbocycles. The fourth-order valence-corrected chi connectivity index (χ4v) is 1.88. The number of benzene rings is 2. The molecule has 3 nitrogen and oxygen atoms in total. The highest BCUT2D eigenvalue weighted by molar-refractivity contribution is 6.33. The van der Waals surface area contributed by atoms with Crippen molar-refractivity contribution in [1.82, 2.24) is 0 Å². The lowest BCUT2D eigenvalue weighted by Gasteiger charge is -2.13. The van der Waals surface area contributed by atoms with Crippen molar-refractivity contribution in [3.05, 3.63) is 47.0 Å². The van der Waals surface area contributed by atoms with E-state index in [1.165, 1.54) is 0 Å². The molecule has 0 radical (unpaired) electrons. The van der Waals surface area contributed by atoms with Crippen molar-refractivity contribution in [3.8, 4) is 17.2 Å². The molecule has 0 fully saturated rings. The van der Waals surface area contributed by atoms with E-state index < -0.39 is 0 Å². The van der Waals surface area contributed by atoms with E-state index in [0.29, 0.717) is 34.6 Å². The molecule has 0 aromatic heterocycles. The molecule has 0 amide bonds. The highest BCUT2D eigenvalue weighted by atomic mass is 35.5. The van der Waals surface area contributed by atoms with Gasteiger partial charge < -0.3 is 15.2 Å². The van der Waals surface area contributed by atoms with Crippen molar-refractivity contribution in [3.63, 3.8) is 0 Å². The van der Waals surface area contributed by atoms with E-state index in [4.69, 9.17) is 26.8 Å². The number of para-hydroxylation sites is 2. The van der Waals surface area contributed by atoms with Crippen molar-refractivity contribution in [2.75, 3.05) is 12.3 Å². The predicted octanol–water partition coefficient (Wildman–Crippen LogP) is 4.42. The third-order valence-electron chi connectivity index (χ3n) is 2.66. The summed E-state index contributed by atoms with van der Waals surface area (Å²) in [6.07, 6.45) is 0. The number of hydrogen-bond donors (Lipinski definition) is 1. The zero-order valence-electron chi connectivity index (χ0n) is 10.9. The summed E-state index contributed by atoms with van der Waals surface area (Å²) in [5.41, 5.74) is 7.22. The Kier molecular flexibility index (Phi) is 4.17. The van der Waals surface area contributed by atoms with Crippen LogP contribution in [0.3, 0.4) is 0 Å². The summed E-state index contributed by atoms with van der Waals surface area (Å²) >= 11 is 6.02. The van der Waals surface area contributed by atoms with E-state index >= 15 is 0 Å². The first-order valence-electron chi connectivity index (χ1n) is 6.07. The molecule has 19 heavy (non-hydrogen) atoms. The monoisotopic (exact) mass is 277 g/mol. The molecule has 2 aromatic rings. The molecular formula is C15H16ClNO2. The van der Waals surface area contributed by atoms with Gasteiger partial charge in [0, 0.05) is 6.07 Å². The van der Waals surface area contributed by atoms with Crippen LogP contribution in [0.25, 0.3) is 0 Å². The van der Waals surface area contributed by atoms with Crippen LogP contribution in [-0.2, 0) is 0 Å². The Balaban J connectivity index is 2.33. The molecule has 4 heteroatoms. The minimum atomic E-state index is 0.481. The van der Waals surface area contributed by atoms with Crippen molar-refractivity contribution in [2.24, 2.45) is 0 Å². The van der Waals surface area contributed by atoms with Gasteiger partial charge in [-0.15, -0.1) is 0 Å². The number of anilines is 1. The molecular weight excluding hydrogens is 262 g/mol. The first-order valence-corrected chi connectivity index (χ1v) is 6.45. The summed E-state index contributed by atoms with van der Waals surface area (Å²) < 4.78 is 11.4. The van der Waals surface area contributed by atoms with Crippen LogP contribution < -0.4 is 15.2 Å². The SMILES string of the molecule is CCOc1ccccc1Oc1cc(Cl)c(N)cc1C. The van der Waals surface area contributed by atoms with Gasteiger partial charge in [-0.3, -0.25) is 0 Å². The summed E-state index contributed by atoms with van der Waals surface area (Å²) in [6, 6.07) is 11.0. The lowest BCUT2D eigenvalue weighted by Crippen LogP contribution is -1.96. The van der Waals surface area contributed by atoms with E-state index in [0.717, 1.165) is 5.56 Å². The van der Waals surface area contributed by atoms with Gasteiger partial charge in [0.25, 0.3) is 0 Å². The normalized spacial score (nSPS) is 10.3. The molecule has 2 rings (SSSR count). The Bertz CT molecular complexity index is 584. The van der Waals surface area contributed by atoms with E-state index in [9.17, 15) is 0 Å². The second kappa shape index (κ2) is 5.85. The third kappa shape index (κ3) is 3.12. The molecule has 0 spiro atoms. The largest absolute Gasteiger partial charge is 0.490 e. The summed E-state index contributed by atoms with van der Waals surface area (Å²) in [5.74, 6) is 2.04. The Morgan fingerprint density at radius 3 is 2.47 bits per heavy atom. The molecule has 0 unspecified atom stereocenters. The molecule has 0 saturated heterocycles. The van der Waals surface area contributed by atoms with E-state index in [1.54, 1.807) is 12.1 Å². The summed E-state index contributed by atoms with van der Waals surface area (Å²) in [7, 11) is 0. The first kappa shape index (κ1) is 13.6. The molecule has 2 N–H and O–H groups in total. The van der Waals surface area contributed by atoms with Crippen LogP contribution in [0.15, 0.2) is 36.4 Å². The zero-order valence-corrected chi connectivity index (χ0v) is 11.7. The number of nitrogen functional groups attached to an aromatic ring is 1. The van der Waals surface area contributed by atoms with Gasteiger partial charge in [-0.2, -0.15) is 0 Å². The highest BCUT2D eigenvalue weighted by Crippen LogP contribution is 2.35. The average molecular weight is 278 g/mol. The van der Waals surface area contributed by atoms with Gasteiger partial charge in [0.15, 0.2) is 11.5 Å². The second-order valence-corrected chi connectivity index (χ2v) is 4.53. The van der Waals surface area contributed by atoms with Crippen molar-refractivity contribution in [2.45, 2.75) is 13.8 Å². The summed E-state index contributed by atoms with van der Waals surface area (Å²) in [6.45, 7) is 4.44. The van der Waals surface area contributed by atoms with Crippen molar-refractivity contribution in [1.29, 1.82) is 0 Å². The lowest BCUT2D eigenvalue weighted by atomic mass is 10.2. The van der Waals surface area contributed by atoms with Crippen LogP contribution in [0.4, 0.5) is 5.69 Å². The lowest BCUT2D eigenvalue weighted by molar-refractivity contribution is 0.321. The van der Waals surface area contributed by atoms with Crippen LogP contribution in [0.5, 0.6) is 17.2 Å². The third-order valence-corrected chi connectivity index (χ3v) is 2.99. The molecule has 0 aliphatic rings. The second-order valence-electron chi connectivity index (χ2n) is 4.12. The number of nitrogens with two attached hydrogens (primary N) is 1. The number of ether oxygens (including phenoxy) is 2. The number of halogens is 1. The zero-order chi connectivity index (χ0) is 13.8. The van der Waals surface area contributed by atoms with Crippen LogP contribution in [0.1, 0.15) is 12.5 Å². The fourth-order valence-electron chi connectivity index (χ4n) is 1.72. The van der Waals surface area contributed by atoms with Gasteiger partial charge in [-0.1, -0.05) is 23.7 Å². The van der Waals surface area contributed by atoms with Crippen molar-refractivity contribution >= 4 is 17.3 Å². The van der Waals surface area contributed by atoms with Crippen molar-refractivity contribution < 1.29 is 9.47 Å². The highest BCUT2D eigenvalue weighted by Gasteiger charge is 2.09. The Hall–Kier alpha value is -1.87. The maximum Gasteiger partial charge on any atom is 0.169 e. The Morgan fingerprint density at radius 1 is 1.11 bits per heavy atom. The molecule has 0 heterocycles. The van der Waals surface area contributed by atoms with Crippen LogP contribution in [0, 0.1) is 6.92 Å². The minimum Gasteiger partial charge on any atom is -0.490 e. The summed E-state index contributed by atoms with van der Waals surface area (Å²) in [5, 5.41) is 0.481. The molecule has 0 aliphatic heterocycles. The maximum atomic E-state index is 6.02. The smallest absolute Gasteiger partial charge is 0.169 e. The summed E-state index contributed by atoms with van der Waals surface area (Å²) in [4.78, 5) is 0. The molecule has 100 valence electrons. The maximum absolute atomic E-state index is 6.02. The minimum absolute atomic E-state index is 0.481. The number of rotatable bonds is 4. The number of hydrogen-bond acceptors (Lipinski definition) is 3. The van der Waals surface area contributed by atoms with Gasteiger partial charge in [-0.05, 0) is 37.6 Å². The van der Waals surface area contributed by atoms with E-state index in [-0.39, 0.29) is 0 Å². The number of aryl methyl sites for hydroxylation is 1. The molecule has 0 aliphatic carbocycles. The quantitative estimate of drug-likeness (QED) is 0.841. The predicted molar refractivity (Wildman–Crippen MR) is 78.3 cm³/mol. The van der Waals surface area contributed by atoms with Gasteiger partial charge in [-0.25, -0.2) is 0 Å². The Labute approximate surface area is 117 Å². The molecule has 0 bridgehead atoms. The van der Waals surface area contributed by atoms with Crippen LogP contribution in [-0.4, -0.2) is 6.61 Å².